The van der Waals surface area contributed by atoms with Crippen LogP contribution in [0.2, 0.25) is 0 Å². The molecule has 0 aromatic heterocycles. The Morgan fingerprint density at radius 1 is 1.21 bits per heavy atom. The number of nitrogens with one attached hydrogen (secondary N) is 2. The molecule has 0 aromatic carbocycles. The molecule has 0 spiro atoms. The zero-order valence-electron chi connectivity index (χ0n) is 18.5. The third-order valence-corrected chi connectivity index (χ3v) is 5.88. The van der Waals surface area contributed by atoms with E-state index in [1.165, 1.54) is 25.9 Å². The molecule has 28 heavy (non-hydrogen) atoms. The van der Waals surface area contributed by atoms with Gasteiger partial charge in [0.25, 0.3) is 0 Å². The van der Waals surface area contributed by atoms with Crippen LogP contribution in [-0.2, 0) is 9.47 Å². The molecule has 6 nitrogen and oxygen atoms in total. The summed E-state index contributed by atoms with van der Waals surface area (Å²) in [4.78, 5) is 6.98. The number of nitrogens with zero attached hydrogens (tertiary/aromatic N) is 2. The van der Waals surface area contributed by atoms with Crippen LogP contribution >= 0.6 is 24.0 Å². The highest BCUT2D eigenvalue weighted by Gasteiger charge is 2.30. The van der Waals surface area contributed by atoms with Crippen LogP contribution in [0.25, 0.3) is 0 Å². The summed E-state index contributed by atoms with van der Waals surface area (Å²) in [6, 6.07) is 0. The van der Waals surface area contributed by atoms with Crippen LogP contribution in [0.4, 0.5) is 0 Å². The molecule has 0 aromatic rings. The summed E-state index contributed by atoms with van der Waals surface area (Å²) in [7, 11) is 1.84. The van der Waals surface area contributed by atoms with Gasteiger partial charge in [-0.2, -0.15) is 0 Å². The lowest BCUT2D eigenvalue weighted by Gasteiger charge is -2.43. The largest absolute Gasteiger partial charge is 0.381 e. The van der Waals surface area contributed by atoms with Gasteiger partial charge in [0, 0.05) is 58.6 Å². The lowest BCUT2D eigenvalue weighted by molar-refractivity contribution is 0.0203. The molecule has 2 aliphatic heterocycles. The third-order valence-electron chi connectivity index (χ3n) is 5.88. The third kappa shape index (κ3) is 9.59. The van der Waals surface area contributed by atoms with E-state index in [9.17, 15) is 0 Å². The van der Waals surface area contributed by atoms with Crippen molar-refractivity contribution in [2.75, 3.05) is 59.7 Å². The average Bonchev–Trinajstić information content (AvgIpc) is 2.67. The maximum absolute atomic E-state index is 5.83. The van der Waals surface area contributed by atoms with E-state index in [4.69, 9.17) is 9.47 Å². The molecule has 0 bridgehead atoms. The van der Waals surface area contributed by atoms with Gasteiger partial charge in [-0.1, -0.05) is 6.92 Å². The van der Waals surface area contributed by atoms with Crippen LogP contribution in [0.3, 0.4) is 0 Å². The molecule has 2 heterocycles. The first-order valence-corrected chi connectivity index (χ1v) is 10.9. The van der Waals surface area contributed by atoms with Crippen LogP contribution < -0.4 is 10.6 Å². The van der Waals surface area contributed by atoms with Gasteiger partial charge in [0.2, 0.25) is 0 Å². The Bertz CT molecular complexity index is 442. The topological polar surface area (TPSA) is 58.1 Å². The number of halogens is 1. The Balaban J connectivity index is 0.00000392. The van der Waals surface area contributed by atoms with Gasteiger partial charge in [0.15, 0.2) is 5.96 Å². The molecule has 1 atom stereocenters. The number of hydrogen-bond donors (Lipinski definition) is 2. The van der Waals surface area contributed by atoms with Crippen LogP contribution in [-0.4, -0.2) is 76.1 Å². The molecule has 166 valence electrons. The smallest absolute Gasteiger partial charge is 0.191 e. The number of piperidine rings is 1. The summed E-state index contributed by atoms with van der Waals surface area (Å²) in [5.74, 6) is 2.37. The van der Waals surface area contributed by atoms with E-state index in [-0.39, 0.29) is 29.5 Å². The normalized spacial score (nSPS) is 22.6. The molecule has 2 fully saturated rings. The van der Waals surface area contributed by atoms with Crippen molar-refractivity contribution < 1.29 is 9.47 Å². The van der Waals surface area contributed by atoms with E-state index in [0.29, 0.717) is 5.92 Å². The van der Waals surface area contributed by atoms with Gasteiger partial charge in [-0.25, -0.2) is 0 Å². The zero-order chi connectivity index (χ0) is 19.5. The fraction of sp³-hybridized carbons (Fsp3) is 0.952. The Kier molecular flexibility index (Phi) is 12.9. The van der Waals surface area contributed by atoms with Crippen molar-refractivity contribution in [3.05, 3.63) is 0 Å². The second-order valence-electron chi connectivity index (χ2n) is 8.84. The van der Waals surface area contributed by atoms with E-state index in [1.807, 2.05) is 7.05 Å². The summed E-state index contributed by atoms with van der Waals surface area (Å²) < 4.78 is 11.2. The lowest BCUT2D eigenvalue weighted by atomic mass is 9.93. The quantitative estimate of drug-likeness (QED) is 0.216. The maximum atomic E-state index is 5.83. The molecular formula is C21H43IN4O2. The second kappa shape index (κ2) is 14.0. The van der Waals surface area contributed by atoms with Crippen molar-refractivity contribution in [3.8, 4) is 0 Å². The minimum Gasteiger partial charge on any atom is -0.381 e. The highest BCUT2D eigenvalue weighted by atomic mass is 127. The standard InChI is InChI=1S/C21H42N4O2.HI/c1-18-7-5-11-25(15-18)21(2,3)17-24-20(22-4)23-10-6-12-27-16-19-8-13-26-14-9-19;/h18-19H,5-17H2,1-4H3,(H2,22,23,24);1H. The molecule has 0 amide bonds. The van der Waals surface area contributed by atoms with Crippen LogP contribution in [0.1, 0.15) is 52.9 Å². The summed E-state index contributed by atoms with van der Waals surface area (Å²) in [6.07, 6.45) is 5.95. The van der Waals surface area contributed by atoms with Crippen molar-refractivity contribution >= 4 is 29.9 Å². The van der Waals surface area contributed by atoms with E-state index in [0.717, 1.165) is 70.7 Å². The molecular weight excluding hydrogens is 467 g/mol. The van der Waals surface area contributed by atoms with Crippen molar-refractivity contribution in [3.63, 3.8) is 0 Å². The summed E-state index contributed by atoms with van der Waals surface area (Å²) in [5.41, 5.74) is 0.138. The number of aliphatic imine (C=N–C) groups is 1. The fourth-order valence-electron chi connectivity index (χ4n) is 3.92. The average molecular weight is 511 g/mol. The molecule has 7 heteroatoms. The Morgan fingerprint density at radius 2 is 1.96 bits per heavy atom. The molecule has 0 radical (unpaired) electrons. The monoisotopic (exact) mass is 510 g/mol. The summed E-state index contributed by atoms with van der Waals surface area (Å²) >= 11 is 0. The minimum atomic E-state index is 0. The van der Waals surface area contributed by atoms with Crippen molar-refractivity contribution in [2.45, 2.75) is 58.4 Å². The summed E-state index contributed by atoms with van der Waals surface area (Å²) in [6.45, 7) is 14.7. The maximum Gasteiger partial charge on any atom is 0.191 e. The SMILES string of the molecule is CN=C(NCCCOCC1CCOCC1)NCC(C)(C)N1CCCC(C)C1.I. The van der Waals surface area contributed by atoms with Gasteiger partial charge in [-0.3, -0.25) is 9.89 Å². The number of hydrogen-bond acceptors (Lipinski definition) is 4. The highest BCUT2D eigenvalue weighted by molar-refractivity contribution is 14.0. The fourth-order valence-corrected chi connectivity index (χ4v) is 3.92. The highest BCUT2D eigenvalue weighted by Crippen LogP contribution is 2.23. The molecule has 2 N–H and O–H groups in total. The zero-order valence-corrected chi connectivity index (χ0v) is 20.8. The molecule has 0 aliphatic carbocycles. The molecule has 2 rings (SSSR count). The van der Waals surface area contributed by atoms with Crippen molar-refractivity contribution in [1.82, 2.24) is 15.5 Å². The molecule has 0 saturated carbocycles. The Hall–Kier alpha value is -0.120. The van der Waals surface area contributed by atoms with Gasteiger partial charge >= 0.3 is 0 Å². The van der Waals surface area contributed by atoms with Gasteiger partial charge < -0.3 is 20.1 Å². The predicted octanol–water partition coefficient (Wildman–Crippen LogP) is 3.11. The number of ether oxygens (including phenoxy) is 2. The first kappa shape index (κ1) is 25.9. The molecule has 2 aliphatic rings. The number of rotatable bonds is 9. The Labute approximate surface area is 189 Å². The van der Waals surface area contributed by atoms with E-state index in [1.54, 1.807) is 0 Å². The van der Waals surface area contributed by atoms with E-state index in [2.05, 4.69) is 41.3 Å². The van der Waals surface area contributed by atoms with Gasteiger partial charge in [0.05, 0.1) is 0 Å². The summed E-state index contributed by atoms with van der Waals surface area (Å²) in [5, 5.41) is 6.92. The van der Waals surface area contributed by atoms with Gasteiger partial charge in [-0.05, 0) is 64.3 Å². The molecule has 1 unspecified atom stereocenters. The van der Waals surface area contributed by atoms with E-state index >= 15 is 0 Å². The molecule has 2 saturated heterocycles. The predicted molar refractivity (Wildman–Crippen MR) is 128 cm³/mol. The number of guanidine groups is 1. The van der Waals surface area contributed by atoms with Crippen LogP contribution in [0.15, 0.2) is 4.99 Å². The first-order chi connectivity index (χ1) is 13.0. The minimum absolute atomic E-state index is 0. The lowest BCUT2D eigenvalue weighted by Crippen LogP contribution is -2.56. The number of likely N-dealkylation sites (tertiary alicyclic amines) is 1. The van der Waals surface area contributed by atoms with Crippen molar-refractivity contribution in [1.29, 1.82) is 0 Å². The van der Waals surface area contributed by atoms with Crippen molar-refractivity contribution in [2.24, 2.45) is 16.8 Å². The first-order valence-electron chi connectivity index (χ1n) is 10.9. The second-order valence-corrected chi connectivity index (χ2v) is 8.84. The van der Waals surface area contributed by atoms with Gasteiger partial charge in [0.1, 0.15) is 0 Å². The van der Waals surface area contributed by atoms with Crippen LogP contribution in [0, 0.1) is 11.8 Å². The Morgan fingerprint density at radius 3 is 2.64 bits per heavy atom. The van der Waals surface area contributed by atoms with Gasteiger partial charge in [-0.15, -0.1) is 24.0 Å². The van der Waals surface area contributed by atoms with Crippen LogP contribution in [0.5, 0.6) is 0 Å². The van der Waals surface area contributed by atoms with E-state index < -0.39 is 0 Å².